The molecule has 0 amide bonds. The Morgan fingerprint density at radius 3 is 2.64 bits per heavy atom. The number of pyridine rings is 1. The van der Waals surface area contributed by atoms with Crippen LogP contribution in [0.1, 0.15) is 24.4 Å². The monoisotopic (exact) mass is 335 g/mol. The molecule has 1 saturated heterocycles. The van der Waals surface area contributed by atoms with Crippen molar-refractivity contribution in [3.8, 4) is 5.75 Å². The molecule has 2 aromatic heterocycles. The number of benzene rings is 1. The lowest BCUT2D eigenvalue weighted by Crippen LogP contribution is -2.35. The number of hydrogen-bond donors (Lipinski definition) is 0. The summed E-state index contributed by atoms with van der Waals surface area (Å²) >= 11 is 0. The SMILES string of the molecule is c1ccc(COc2cccnc2N2CCC(n3cncn3)CC2)cc1. The Morgan fingerprint density at radius 2 is 1.88 bits per heavy atom. The second kappa shape index (κ2) is 7.34. The first-order valence-electron chi connectivity index (χ1n) is 8.61. The van der Waals surface area contributed by atoms with Crippen molar-refractivity contribution in [2.24, 2.45) is 0 Å². The van der Waals surface area contributed by atoms with Crippen LogP contribution in [0, 0.1) is 0 Å². The van der Waals surface area contributed by atoms with Gasteiger partial charge in [0.05, 0.1) is 6.04 Å². The van der Waals surface area contributed by atoms with E-state index in [1.807, 2.05) is 41.2 Å². The lowest BCUT2D eigenvalue weighted by molar-refractivity contribution is 0.302. The van der Waals surface area contributed by atoms with Gasteiger partial charge in [-0.1, -0.05) is 30.3 Å². The molecule has 0 spiro atoms. The molecule has 1 fully saturated rings. The van der Waals surface area contributed by atoms with E-state index in [0.717, 1.165) is 43.1 Å². The van der Waals surface area contributed by atoms with Gasteiger partial charge in [-0.3, -0.25) is 0 Å². The summed E-state index contributed by atoms with van der Waals surface area (Å²) in [6, 6.07) is 14.5. The topological polar surface area (TPSA) is 56.1 Å². The molecule has 3 aromatic rings. The van der Waals surface area contributed by atoms with Crippen LogP contribution in [0.25, 0.3) is 0 Å². The first kappa shape index (κ1) is 15.6. The zero-order valence-corrected chi connectivity index (χ0v) is 14.0. The average Bonchev–Trinajstić information content (AvgIpc) is 3.22. The molecule has 0 unspecified atom stereocenters. The van der Waals surface area contributed by atoms with Crippen molar-refractivity contribution < 1.29 is 4.74 Å². The lowest BCUT2D eigenvalue weighted by atomic mass is 10.1. The molecule has 0 N–H and O–H groups in total. The van der Waals surface area contributed by atoms with Crippen molar-refractivity contribution in [2.75, 3.05) is 18.0 Å². The first-order valence-corrected chi connectivity index (χ1v) is 8.61. The molecule has 0 bridgehead atoms. The van der Waals surface area contributed by atoms with Crippen LogP contribution >= 0.6 is 0 Å². The fourth-order valence-electron chi connectivity index (χ4n) is 3.22. The van der Waals surface area contributed by atoms with Crippen LogP contribution in [-0.2, 0) is 6.61 Å². The minimum Gasteiger partial charge on any atom is -0.485 e. The molecular weight excluding hydrogens is 314 g/mol. The number of piperidine rings is 1. The van der Waals surface area contributed by atoms with Gasteiger partial charge in [-0.15, -0.1) is 0 Å². The number of aromatic nitrogens is 4. The van der Waals surface area contributed by atoms with Crippen molar-refractivity contribution >= 4 is 5.82 Å². The zero-order chi connectivity index (χ0) is 16.9. The molecule has 25 heavy (non-hydrogen) atoms. The van der Waals surface area contributed by atoms with Gasteiger partial charge >= 0.3 is 0 Å². The van der Waals surface area contributed by atoms with Gasteiger partial charge in [-0.05, 0) is 30.5 Å². The molecule has 0 aliphatic carbocycles. The van der Waals surface area contributed by atoms with E-state index < -0.39 is 0 Å². The summed E-state index contributed by atoms with van der Waals surface area (Å²) in [5.41, 5.74) is 1.15. The molecule has 128 valence electrons. The Balaban J connectivity index is 1.42. The molecule has 0 saturated carbocycles. The van der Waals surface area contributed by atoms with Crippen LogP contribution in [0.2, 0.25) is 0 Å². The van der Waals surface area contributed by atoms with Crippen LogP contribution in [-0.4, -0.2) is 32.8 Å². The third kappa shape index (κ3) is 3.63. The highest BCUT2D eigenvalue weighted by Crippen LogP contribution is 2.31. The van der Waals surface area contributed by atoms with Crippen molar-refractivity contribution in [3.63, 3.8) is 0 Å². The number of anilines is 1. The summed E-state index contributed by atoms with van der Waals surface area (Å²) in [7, 11) is 0. The summed E-state index contributed by atoms with van der Waals surface area (Å²) in [4.78, 5) is 10.9. The highest BCUT2D eigenvalue weighted by molar-refractivity contribution is 5.52. The van der Waals surface area contributed by atoms with E-state index in [1.54, 1.807) is 12.7 Å². The standard InChI is InChI=1S/C19H21N5O/c1-2-5-16(6-3-1)13-25-18-7-4-10-21-19(18)23-11-8-17(9-12-23)24-15-20-14-22-24/h1-7,10,14-15,17H,8-9,11-13H2. The lowest BCUT2D eigenvalue weighted by Gasteiger charge is -2.33. The Bertz CT molecular complexity index is 783. The van der Waals surface area contributed by atoms with Gasteiger partial charge < -0.3 is 9.64 Å². The number of ether oxygens (including phenoxy) is 1. The summed E-state index contributed by atoms with van der Waals surface area (Å²) < 4.78 is 8.00. The zero-order valence-electron chi connectivity index (χ0n) is 14.0. The minimum atomic E-state index is 0.413. The van der Waals surface area contributed by atoms with Crippen molar-refractivity contribution in [1.82, 2.24) is 19.7 Å². The first-order chi connectivity index (χ1) is 12.4. The fraction of sp³-hybridized carbons (Fsp3) is 0.316. The van der Waals surface area contributed by atoms with Gasteiger partial charge in [0.15, 0.2) is 11.6 Å². The number of nitrogens with zero attached hydrogens (tertiary/aromatic N) is 5. The molecular formula is C19H21N5O. The molecule has 6 nitrogen and oxygen atoms in total. The maximum Gasteiger partial charge on any atom is 0.171 e. The predicted molar refractivity (Wildman–Crippen MR) is 95.5 cm³/mol. The highest BCUT2D eigenvalue weighted by atomic mass is 16.5. The van der Waals surface area contributed by atoms with Gasteiger partial charge in [-0.25, -0.2) is 14.6 Å². The van der Waals surface area contributed by atoms with Gasteiger partial charge in [0, 0.05) is 19.3 Å². The van der Waals surface area contributed by atoms with Gasteiger partial charge in [0.2, 0.25) is 0 Å². The van der Waals surface area contributed by atoms with Gasteiger partial charge in [0.25, 0.3) is 0 Å². The second-order valence-electron chi connectivity index (χ2n) is 6.19. The Labute approximate surface area is 147 Å². The van der Waals surface area contributed by atoms with Crippen LogP contribution < -0.4 is 9.64 Å². The summed E-state index contributed by atoms with van der Waals surface area (Å²) in [5.74, 6) is 1.76. The normalized spacial score (nSPS) is 15.3. The highest BCUT2D eigenvalue weighted by Gasteiger charge is 2.23. The molecule has 4 rings (SSSR count). The molecule has 1 aromatic carbocycles. The maximum absolute atomic E-state index is 6.04. The smallest absolute Gasteiger partial charge is 0.171 e. The molecule has 0 atom stereocenters. The van der Waals surface area contributed by atoms with E-state index in [0.29, 0.717) is 12.6 Å². The van der Waals surface area contributed by atoms with E-state index in [2.05, 4.69) is 32.1 Å². The quantitative estimate of drug-likeness (QED) is 0.717. The van der Waals surface area contributed by atoms with Crippen molar-refractivity contribution in [1.29, 1.82) is 0 Å². The molecule has 1 aliphatic rings. The number of rotatable bonds is 5. The third-order valence-electron chi connectivity index (χ3n) is 4.56. The van der Waals surface area contributed by atoms with E-state index in [1.165, 1.54) is 0 Å². The van der Waals surface area contributed by atoms with E-state index in [9.17, 15) is 0 Å². The molecule has 0 radical (unpaired) electrons. The van der Waals surface area contributed by atoms with Crippen LogP contribution in [0.5, 0.6) is 5.75 Å². The average molecular weight is 335 g/mol. The van der Waals surface area contributed by atoms with Crippen LogP contribution in [0.4, 0.5) is 5.82 Å². The third-order valence-corrected chi connectivity index (χ3v) is 4.56. The largest absolute Gasteiger partial charge is 0.485 e. The van der Waals surface area contributed by atoms with E-state index in [-0.39, 0.29) is 0 Å². The van der Waals surface area contributed by atoms with Crippen LogP contribution in [0.15, 0.2) is 61.3 Å². The minimum absolute atomic E-state index is 0.413. The van der Waals surface area contributed by atoms with Gasteiger partial charge in [0.1, 0.15) is 19.3 Å². The Kier molecular flexibility index (Phi) is 4.59. The predicted octanol–water partition coefficient (Wildman–Crippen LogP) is 3.09. The van der Waals surface area contributed by atoms with Crippen LogP contribution in [0.3, 0.4) is 0 Å². The molecule has 3 heterocycles. The van der Waals surface area contributed by atoms with E-state index >= 15 is 0 Å². The van der Waals surface area contributed by atoms with Crippen molar-refractivity contribution in [2.45, 2.75) is 25.5 Å². The van der Waals surface area contributed by atoms with Gasteiger partial charge in [-0.2, -0.15) is 5.10 Å². The summed E-state index contributed by atoms with van der Waals surface area (Å²) in [5, 5.41) is 4.26. The maximum atomic E-state index is 6.04. The number of hydrogen-bond acceptors (Lipinski definition) is 5. The molecule has 1 aliphatic heterocycles. The Morgan fingerprint density at radius 1 is 1.04 bits per heavy atom. The summed E-state index contributed by atoms with van der Waals surface area (Å²) in [6.45, 7) is 2.42. The molecule has 6 heteroatoms. The van der Waals surface area contributed by atoms with E-state index in [4.69, 9.17) is 4.74 Å². The fourth-order valence-corrected chi connectivity index (χ4v) is 3.22. The Hall–Kier alpha value is -2.89. The summed E-state index contributed by atoms with van der Waals surface area (Å²) in [6.07, 6.45) is 7.28. The van der Waals surface area contributed by atoms with Crippen molar-refractivity contribution in [3.05, 3.63) is 66.9 Å². The second-order valence-corrected chi connectivity index (χ2v) is 6.19.